The smallest absolute Gasteiger partial charge is 0.241 e. The van der Waals surface area contributed by atoms with Crippen LogP contribution >= 0.6 is 0 Å². The molecule has 0 radical (unpaired) electrons. The molecule has 3 aromatic rings. The summed E-state index contributed by atoms with van der Waals surface area (Å²) in [6, 6.07) is 24.8. The molecule has 0 aliphatic carbocycles. The molecule has 1 saturated heterocycles. The number of nitriles is 1. The largest absolute Gasteiger partial charge is 0.486 e. The third-order valence-electron chi connectivity index (χ3n) is 7.78. The highest BCUT2D eigenvalue weighted by atomic mass is 19.1. The molecule has 4 rings (SSSR count). The number of carbonyl (C=O) groups is 1. The van der Waals surface area contributed by atoms with E-state index in [1.807, 2.05) is 18.2 Å². The van der Waals surface area contributed by atoms with E-state index in [-0.39, 0.29) is 17.8 Å². The van der Waals surface area contributed by atoms with Gasteiger partial charge in [0.2, 0.25) is 5.91 Å². The quantitative estimate of drug-likeness (QED) is 0.238. The Morgan fingerprint density at radius 2 is 1.77 bits per heavy atom. The molecule has 2 atom stereocenters. The molecule has 1 N–H and O–H groups in total. The first-order valence-electron chi connectivity index (χ1n) is 14.4. The summed E-state index contributed by atoms with van der Waals surface area (Å²) in [6.07, 6.45) is 6.44. The minimum atomic E-state index is -0.664. The van der Waals surface area contributed by atoms with Crippen LogP contribution in [-0.4, -0.2) is 30.4 Å². The van der Waals surface area contributed by atoms with E-state index in [2.05, 4.69) is 53.5 Å². The number of unbranched alkanes of at least 4 members (excludes halogenated alkanes) is 2. The lowest BCUT2D eigenvalue weighted by Crippen LogP contribution is -2.33. The second-order valence-electron chi connectivity index (χ2n) is 10.9. The van der Waals surface area contributed by atoms with E-state index in [4.69, 9.17) is 10.00 Å². The number of hydrogen-bond acceptors (Lipinski definition) is 4. The number of nitrogens with one attached hydrogen (secondary N) is 1. The fourth-order valence-corrected chi connectivity index (χ4v) is 5.26. The van der Waals surface area contributed by atoms with Crippen molar-refractivity contribution in [3.05, 3.63) is 95.3 Å². The van der Waals surface area contributed by atoms with Gasteiger partial charge in [-0.3, -0.25) is 4.79 Å². The second-order valence-corrected chi connectivity index (χ2v) is 10.9. The van der Waals surface area contributed by atoms with Crippen LogP contribution in [-0.2, 0) is 4.79 Å². The highest BCUT2D eigenvalue weighted by molar-refractivity contribution is 5.93. The summed E-state index contributed by atoms with van der Waals surface area (Å²) in [4.78, 5) is 14.6. The molecule has 40 heavy (non-hydrogen) atoms. The van der Waals surface area contributed by atoms with Crippen LogP contribution in [0.2, 0.25) is 0 Å². The van der Waals surface area contributed by atoms with Gasteiger partial charge in [0, 0.05) is 5.69 Å². The van der Waals surface area contributed by atoms with Crippen LogP contribution < -0.4 is 10.1 Å². The number of piperidine rings is 1. The van der Waals surface area contributed by atoms with Gasteiger partial charge >= 0.3 is 0 Å². The maximum absolute atomic E-state index is 13.4. The van der Waals surface area contributed by atoms with Gasteiger partial charge in [0.1, 0.15) is 23.6 Å². The molecular formula is C34H40FN3O2. The van der Waals surface area contributed by atoms with Crippen LogP contribution in [0.4, 0.5) is 10.1 Å². The summed E-state index contributed by atoms with van der Waals surface area (Å²) in [7, 11) is 0. The van der Waals surface area contributed by atoms with E-state index in [0.29, 0.717) is 11.7 Å². The third-order valence-corrected chi connectivity index (χ3v) is 7.78. The Balaban J connectivity index is 1.20. The van der Waals surface area contributed by atoms with Gasteiger partial charge in [-0.25, -0.2) is 4.39 Å². The van der Waals surface area contributed by atoms with E-state index in [9.17, 15) is 9.18 Å². The molecule has 0 bridgehead atoms. The molecule has 1 aliphatic rings. The molecule has 1 aliphatic heterocycles. The number of amides is 1. The molecule has 1 amide bonds. The standard InChI is InChI=1S/C34H40FN3O2/c1-25-10-12-28(13-11-25)33(40-32-16-14-30(35)15-17-32)9-4-3-5-20-38-21-18-27(19-22-38)29-7-6-8-31(23-29)37-34(39)26(2)24-36/h6-8,10-17,23,26-27,33H,3-5,9,18-22H2,1-2H3,(H,37,39). The molecule has 210 valence electrons. The van der Waals surface area contributed by atoms with Gasteiger partial charge in [-0.05, 0) is 119 Å². The molecule has 5 nitrogen and oxygen atoms in total. The first-order chi connectivity index (χ1) is 19.4. The Bertz CT molecular complexity index is 1260. The summed E-state index contributed by atoms with van der Waals surface area (Å²) in [5, 5.41) is 11.8. The van der Waals surface area contributed by atoms with Crippen molar-refractivity contribution in [3.8, 4) is 11.8 Å². The second kappa shape index (κ2) is 14.6. The van der Waals surface area contributed by atoms with E-state index >= 15 is 0 Å². The summed E-state index contributed by atoms with van der Waals surface area (Å²) in [5.74, 6) is -0.00351. The SMILES string of the molecule is Cc1ccc(C(CCCCCN2CCC(c3cccc(NC(=O)C(C)C#N)c3)CC2)Oc2ccc(F)cc2)cc1. The number of anilines is 1. The van der Waals surface area contributed by atoms with Crippen molar-refractivity contribution in [3.63, 3.8) is 0 Å². The maximum atomic E-state index is 13.4. The highest BCUT2D eigenvalue weighted by Crippen LogP contribution is 2.31. The zero-order valence-corrected chi connectivity index (χ0v) is 23.6. The average Bonchev–Trinajstić information content (AvgIpc) is 2.98. The number of likely N-dealkylation sites (tertiary alicyclic amines) is 1. The van der Waals surface area contributed by atoms with Crippen molar-refractivity contribution < 1.29 is 13.9 Å². The lowest BCUT2D eigenvalue weighted by atomic mass is 9.89. The van der Waals surface area contributed by atoms with Crippen LogP contribution in [0.1, 0.15) is 74.2 Å². The van der Waals surface area contributed by atoms with Gasteiger partial charge < -0.3 is 15.0 Å². The first-order valence-corrected chi connectivity index (χ1v) is 14.4. The molecular weight excluding hydrogens is 501 g/mol. The number of hydrogen-bond donors (Lipinski definition) is 1. The number of ether oxygens (including phenoxy) is 1. The average molecular weight is 542 g/mol. The van der Waals surface area contributed by atoms with E-state index in [1.54, 1.807) is 19.1 Å². The number of halogens is 1. The van der Waals surface area contributed by atoms with Crippen molar-refractivity contribution in [2.75, 3.05) is 25.0 Å². The Morgan fingerprint density at radius 3 is 2.48 bits per heavy atom. The molecule has 1 fully saturated rings. The van der Waals surface area contributed by atoms with Gasteiger partial charge in [0.25, 0.3) is 0 Å². The van der Waals surface area contributed by atoms with Crippen LogP contribution in [0.15, 0.2) is 72.8 Å². The van der Waals surface area contributed by atoms with Gasteiger partial charge in [-0.1, -0.05) is 48.4 Å². The summed E-state index contributed by atoms with van der Waals surface area (Å²) in [5.41, 5.74) is 4.39. The maximum Gasteiger partial charge on any atom is 0.241 e. The molecule has 0 saturated carbocycles. The van der Waals surface area contributed by atoms with E-state index in [0.717, 1.165) is 69.4 Å². The van der Waals surface area contributed by atoms with E-state index < -0.39 is 5.92 Å². The predicted octanol–water partition coefficient (Wildman–Crippen LogP) is 7.79. The van der Waals surface area contributed by atoms with Crippen molar-refractivity contribution in [1.29, 1.82) is 5.26 Å². The van der Waals surface area contributed by atoms with Crippen LogP contribution in [0, 0.1) is 30.0 Å². The molecule has 2 unspecified atom stereocenters. The van der Waals surface area contributed by atoms with E-state index in [1.165, 1.54) is 23.3 Å². The first kappa shape index (κ1) is 29.3. The summed E-state index contributed by atoms with van der Waals surface area (Å²) >= 11 is 0. The summed E-state index contributed by atoms with van der Waals surface area (Å²) in [6.45, 7) is 6.94. The van der Waals surface area contributed by atoms with Gasteiger partial charge in [0.15, 0.2) is 0 Å². The Labute approximate surface area is 238 Å². The zero-order chi connectivity index (χ0) is 28.3. The molecule has 0 aromatic heterocycles. The Hall–Kier alpha value is -3.69. The highest BCUT2D eigenvalue weighted by Gasteiger charge is 2.21. The number of rotatable bonds is 12. The van der Waals surface area contributed by atoms with Crippen molar-refractivity contribution in [2.45, 2.75) is 64.4 Å². The Morgan fingerprint density at radius 1 is 1.05 bits per heavy atom. The number of carbonyl (C=O) groups excluding carboxylic acids is 1. The van der Waals surface area contributed by atoms with Crippen molar-refractivity contribution >= 4 is 11.6 Å². The van der Waals surface area contributed by atoms with Crippen molar-refractivity contribution in [2.24, 2.45) is 5.92 Å². The third kappa shape index (κ3) is 8.66. The molecule has 3 aromatic carbocycles. The lowest BCUT2D eigenvalue weighted by molar-refractivity contribution is -0.117. The molecule has 0 spiro atoms. The molecule has 1 heterocycles. The van der Waals surface area contributed by atoms with Gasteiger partial charge in [-0.2, -0.15) is 5.26 Å². The fraction of sp³-hybridized carbons (Fsp3) is 0.412. The zero-order valence-electron chi connectivity index (χ0n) is 23.6. The number of nitrogens with zero attached hydrogens (tertiary/aromatic N) is 2. The number of aryl methyl sites for hydroxylation is 1. The normalized spacial score (nSPS) is 15.7. The van der Waals surface area contributed by atoms with Crippen LogP contribution in [0.3, 0.4) is 0 Å². The lowest BCUT2D eigenvalue weighted by Gasteiger charge is -2.32. The topological polar surface area (TPSA) is 65.4 Å². The van der Waals surface area contributed by atoms with Gasteiger partial charge in [-0.15, -0.1) is 0 Å². The minimum absolute atomic E-state index is 0.0505. The van der Waals surface area contributed by atoms with Crippen LogP contribution in [0.25, 0.3) is 0 Å². The van der Waals surface area contributed by atoms with Crippen molar-refractivity contribution in [1.82, 2.24) is 4.90 Å². The summed E-state index contributed by atoms with van der Waals surface area (Å²) < 4.78 is 19.6. The Kier molecular flexibility index (Phi) is 10.7. The van der Waals surface area contributed by atoms with Crippen LogP contribution in [0.5, 0.6) is 5.75 Å². The monoisotopic (exact) mass is 541 g/mol. The molecule has 6 heteroatoms. The van der Waals surface area contributed by atoms with Gasteiger partial charge in [0.05, 0.1) is 6.07 Å². The number of benzene rings is 3. The predicted molar refractivity (Wildman–Crippen MR) is 158 cm³/mol. The fourth-order valence-electron chi connectivity index (χ4n) is 5.26. The minimum Gasteiger partial charge on any atom is -0.486 e.